The Morgan fingerprint density at radius 3 is 1.55 bits per heavy atom. The first-order chi connectivity index (χ1) is 32.5. The smallest absolute Gasteiger partial charge is 0.246 e. The van der Waals surface area contributed by atoms with E-state index < -0.39 is 5.41 Å². The molecule has 0 unspecified atom stereocenters. The maximum Gasteiger partial charge on any atom is 0.246 e. The number of para-hydroxylation sites is 2. The van der Waals surface area contributed by atoms with Gasteiger partial charge in [-0.05, 0) is 85.8 Å². The zero-order valence-electron chi connectivity index (χ0n) is 36.6. The molecule has 0 atom stereocenters. The number of aromatic nitrogens is 3. The van der Waals surface area contributed by atoms with E-state index in [2.05, 4.69) is 213 Å². The Morgan fingerprint density at radius 1 is 0.424 bits per heavy atom. The summed E-state index contributed by atoms with van der Waals surface area (Å²) in [5, 5.41) is 0. The fourth-order valence-corrected chi connectivity index (χ4v) is 11.5. The standard InChI is InChI=1S/C61H41BN4/c1-60(2)48-25-11-13-27-50(48)61(51-28-14-12-26-49(51)60)47-24-10-9-23-45(47)46-38-35-42(39-52(46)61)59-64-57(40-19-5-3-6-20-40)63-58(65-59)41-33-36-43(37-34-41)62-53-29-15-17-31-55(53)66(44-21-7-4-8-22-44)56-32-18-16-30-54(56)62/h3,5-7,9-39H,1-2H3. The first-order valence-corrected chi connectivity index (χ1v) is 22.7. The van der Waals surface area contributed by atoms with Crippen molar-refractivity contribution in [3.8, 4) is 45.3 Å². The van der Waals surface area contributed by atoms with Gasteiger partial charge in [0.1, 0.15) is 0 Å². The molecule has 0 bridgehead atoms. The van der Waals surface area contributed by atoms with Crippen molar-refractivity contribution in [3.63, 3.8) is 0 Å². The van der Waals surface area contributed by atoms with Crippen LogP contribution in [0.3, 0.4) is 0 Å². The summed E-state index contributed by atoms with van der Waals surface area (Å²) in [5.74, 6) is 1.91. The van der Waals surface area contributed by atoms with E-state index in [-0.39, 0.29) is 12.1 Å². The summed E-state index contributed by atoms with van der Waals surface area (Å²) >= 11 is 0. The van der Waals surface area contributed by atoms with Gasteiger partial charge in [-0.1, -0.05) is 207 Å². The molecule has 0 fully saturated rings. The average molecular weight is 841 g/mol. The third-order valence-corrected chi connectivity index (χ3v) is 14.4. The fourth-order valence-electron chi connectivity index (χ4n) is 11.5. The fraction of sp³-hybridized carbons (Fsp3) is 0.0656. The minimum Gasteiger partial charge on any atom is -0.311 e. The molecule has 2 aliphatic carbocycles. The lowest BCUT2D eigenvalue weighted by Crippen LogP contribution is -2.57. The minimum absolute atomic E-state index is 0.0271. The van der Waals surface area contributed by atoms with E-state index in [9.17, 15) is 0 Å². The Labute approximate surface area is 386 Å². The van der Waals surface area contributed by atoms with Crippen LogP contribution in [0.2, 0.25) is 0 Å². The number of hydrogen-bond acceptors (Lipinski definition) is 4. The lowest BCUT2D eigenvalue weighted by Gasteiger charge is -2.46. The molecule has 13 rings (SSSR count). The van der Waals surface area contributed by atoms with E-state index in [1.807, 2.05) is 30.3 Å². The lowest BCUT2D eigenvalue weighted by molar-refractivity contribution is 0.563. The van der Waals surface area contributed by atoms with E-state index in [1.165, 1.54) is 60.9 Å². The van der Waals surface area contributed by atoms with E-state index in [1.54, 1.807) is 0 Å². The highest BCUT2D eigenvalue weighted by atomic mass is 15.1. The summed E-state index contributed by atoms with van der Waals surface area (Å²) < 4.78 is 0. The van der Waals surface area contributed by atoms with Gasteiger partial charge in [-0.3, -0.25) is 0 Å². The van der Waals surface area contributed by atoms with Gasteiger partial charge in [0.15, 0.2) is 17.5 Å². The van der Waals surface area contributed by atoms with Gasteiger partial charge >= 0.3 is 0 Å². The number of benzene rings is 8. The van der Waals surface area contributed by atoms with Crippen molar-refractivity contribution in [3.05, 3.63) is 258 Å². The van der Waals surface area contributed by atoms with Gasteiger partial charge in [-0.2, -0.15) is 0 Å². The molecule has 1 aliphatic heterocycles. The maximum atomic E-state index is 5.34. The highest BCUT2D eigenvalue weighted by molar-refractivity contribution is 6.98. The van der Waals surface area contributed by atoms with Crippen molar-refractivity contribution in [1.29, 1.82) is 0 Å². The molecule has 1 spiro atoms. The van der Waals surface area contributed by atoms with Gasteiger partial charge in [-0.15, -0.1) is 0 Å². The van der Waals surface area contributed by atoms with Gasteiger partial charge in [0, 0.05) is 39.5 Å². The van der Waals surface area contributed by atoms with Gasteiger partial charge < -0.3 is 4.90 Å². The third-order valence-electron chi connectivity index (χ3n) is 14.4. The van der Waals surface area contributed by atoms with Crippen molar-refractivity contribution in [1.82, 2.24) is 15.0 Å². The molecule has 308 valence electrons. The quantitative estimate of drug-likeness (QED) is 0.162. The molecule has 2 heterocycles. The minimum atomic E-state index is -0.524. The summed E-state index contributed by atoms with van der Waals surface area (Å²) in [6.45, 7) is 4.76. The van der Waals surface area contributed by atoms with Crippen LogP contribution in [-0.4, -0.2) is 21.7 Å². The van der Waals surface area contributed by atoms with Gasteiger partial charge in [0.25, 0.3) is 0 Å². The predicted octanol–water partition coefficient (Wildman–Crippen LogP) is 11.8. The summed E-state index contributed by atoms with van der Waals surface area (Å²) in [6, 6.07) is 82.8. The van der Waals surface area contributed by atoms with Crippen LogP contribution in [0.1, 0.15) is 47.2 Å². The molecule has 0 radical (unpaired) electrons. The van der Waals surface area contributed by atoms with Crippen LogP contribution in [-0.2, 0) is 10.8 Å². The molecular formula is C61H41BN4. The number of anilines is 3. The van der Waals surface area contributed by atoms with E-state index in [0.717, 1.165) is 33.8 Å². The molecule has 0 N–H and O–H groups in total. The summed E-state index contributed by atoms with van der Waals surface area (Å²) in [6.07, 6.45) is 0. The Hall–Kier alpha value is -8.33. The molecule has 5 heteroatoms. The van der Waals surface area contributed by atoms with E-state index >= 15 is 0 Å². The monoisotopic (exact) mass is 840 g/mol. The number of fused-ring (bicyclic) bond motifs is 11. The van der Waals surface area contributed by atoms with Crippen LogP contribution in [0.5, 0.6) is 0 Å². The number of rotatable bonds is 5. The first-order valence-electron chi connectivity index (χ1n) is 22.7. The van der Waals surface area contributed by atoms with Crippen molar-refractivity contribution in [2.75, 3.05) is 4.90 Å². The zero-order valence-corrected chi connectivity index (χ0v) is 36.6. The van der Waals surface area contributed by atoms with Gasteiger partial charge in [-0.25, -0.2) is 15.0 Å². The Balaban J connectivity index is 0.963. The normalized spacial score (nSPS) is 14.3. The topological polar surface area (TPSA) is 41.9 Å². The highest BCUT2D eigenvalue weighted by Gasteiger charge is 2.53. The molecule has 0 amide bonds. The molecule has 10 aromatic rings. The second-order valence-electron chi connectivity index (χ2n) is 18.1. The third kappa shape index (κ3) is 5.52. The Morgan fingerprint density at radius 2 is 0.924 bits per heavy atom. The van der Waals surface area contributed by atoms with Crippen molar-refractivity contribution in [2.45, 2.75) is 24.7 Å². The van der Waals surface area contributed by atoms with Crippen LogP contribution >= 0.6 is 0 Å². The average Bonchev–Trinajstić information content (AvgIpc) is 3.68. The summed E-state index contributed by atoms with van der Waals surface area (Å²) in [5.41, 5.74) is 19.6. The second-order valence-corrected chi connectivity index (χ2v) is 18.1. The maximum absolute atomic E-state index is 5.34. The van der Waals surface area contributed by atoms with E-state index in [0.29, 0.717) is 17.5 Å². The molecule has 1 aromatic heterocycles. The molecule has 0 saturated heterocycles. The SMILES string of the molecule is CC1(C)c2ccccc2C2(c3ccccc3-c3ccc(-c4nc(-c5ccccc5)nc(-c5ccc(B6c7ccccc7N(c7cc#ccc7)c7ccccc76)cc5)n4)cc32)c2ccccc21. The number of hydrogen-bond donors (Lipinski definition) is 0. The molecule has 4 nitrogen and oxygen atoms in total. The second kappa shape index (κ2) is 14.6. The summed E-state index contributed by atoms with van der Waals surface area (Å²) in [7, 11) is 0. The lowest BCUT2D eigenvalue weighted by atomic mass is 9.35. The highest BCUT2D eigenvalue weighted by Crippen LogP contribution is 2.62. The Bertz CT molecular complexity index is 3430. The van der Waals surface area contributed by atoms with Crippen molar-refractivity contribution in [2.24, 2.45) is 0 Å². The van der Waals surface area contributed by atoms with Crippen LogP contribution in [0.4, 0.5) is 17.1 Å². The largest absolute Gasteiger partial charge is 0.311 e. The summed E-state index contributed by atoms with van der Waals surface area (Å²) in [4.78, 5) is 18.1. The predicted molar refractivity (Wildman–Crippen MR) is 269 cm³/mol. The molecule has 66 heavy (non-hydrogen) atoms. The van der Waals surface area contributed by atoms with Crippen LogP contribution in [0.15, 0.2) is 212 Å². The van der Waals surface area contributed by atoms with Crippen molar-refractivity contribution >= 4 is 40.2 Å². The molecule has 9 aromatic carbocycles. The molecule has 0 saturated carbocycles. The van der Waals surface area contributed by atoms with Crippen LogP contribution in [0, 0.1) is 12.1 Å². The molecular weight excluding hydrogens is 800 g/mol. The Kier molecular flexibility index (Phi) is 8.44. The van der Waals surface area contributed by atoms with Gasteiger partial charge in [0.2, 0.25) is 6.71 Å². The molecule has 3 aliphatic rings. The zero-order chi connectivity index (χ0) is 44.0. The number of nitrogens with zero attached hydrogens (tertiary/aromatic N) is 4. The van der Waals surface area contributed by atoms with Crippen LogP contribution in [0.25, 0.3) is 45.3 Å². The van der Waals surface area contributed by atoms with E-state index in [4.69, 9.17) is 15.0 Å². The first kappa shape index (κ1) is 38.2. The van der Waals surface area contributed by atoms with Crippen molar-refractivity contribution < 1.29 is 0 Å². The van der Waals surface area contributed by atoms with Crippen LogP contribution < -0.4 is 21.3 Å². The van der Waals surface area contributed by atoms with Gasteiger partial charge in [0.05, 0.1) is 11.1 Å².